The molecular weight excluding hydrogens is 368 g/mol. The quantitative estimate of drug-likeness (QED) is 0.519. The van der Waals surface area contributed by atoms with Gasteiger partial charge in [0.15, 0.2) is 0 Å². The van der Waals surface area contributed by atoms with Crippen LogP contribution in [0.5, 0.6) is 5.75 Å². The number of nitrogens with zero attached hydrogens (tertiary/aromatic N) is 1. The molecule has 6 heteroatoms. The van der Waals surface area contributed by atoms with Crippen molar-refractivity contribution >= 4 is 23.1 Å². The number of rotatable bonds is 9. The minimum atomic E-state index is -0.326. The second-order valence-electron chi connectivity index (χ2n) is 7.04. The van der Waals surface area contributed by atoms with E-state index in [2.05, 4.69) is 5.32 Å². The number of imide groups is 1. The Labute approximate surface area is 171 Å². The van der Waals surface area contributed by atoms with Crippen molar-refractivity contribution < 1.29 is 19.1 Å². The topological polar surface area (TPSA) is 67.9 Å². The summed E-state index contributed by atoms with van der Waals surface area (Å²) < 4.78 is 10.7. The van der Waals surface area contributed by atoms with E-state index >= 15 is 0 Å². The molecule has 2 aromatic rings. The van der Waals surface area contributed by atoms with Gasteiger partial charge < -0.3 is 14.8 Å². The lowest BCUT2D eigenvalue weighted by molar-refractivity contribution is -0.136. The van der Waals surface area contributed by atoms with Gasteiger partial charge in [0, 0.05) is 25.9 Å². The maximum Gasteiger partial charge on any atom is 0.278 e. The lowest BCUT2D eigenvalue weighted by atomic mass is 10.0. The van der Waals surface area contributed by atoms with Crippen LogP contribution in [0.4, 0.5) is 5.69 Å². The Morgan fingerprint density at radius 1 is 0.966 bits per heavy atom. The van der Waals surface area contributed by atoms with Crippen LogP contribution in [-0.2, 0) is 14.3 Å². The fourth-order valence-corrected chi connectivity index (χ4v) is 3.17. The molecule has 2 aromatic carbocycles. The van der Waals surface area contributed by atoms with Gasteiger partial charge in [0.1, 0.15) is 11.4 Å². The van der Waals surface area contributed by atoms with Gasteiger partial charge in [-0.1, -0.05) is 30.3 Å². The van der Waals surface area contributed by atoms with Crippen molar-refractivity contribution in [3.05, 3.63) is 65.9 Å². The molecule has 0 radical (unpaired) electrons. The maximum atomic E-state index is 13.0. The van der Waals surface area contributed by atoms with Gasteiger partial charge in [-0.05, 0) is 50.1 Å². The normalized spacial score (nSPS) is 14.1. The lowest BCUT2D eigenvalue weighted by Crippen LogP contribution is -2.33. The van der Waals surface area contributed by atoms with Gasteiger partial charge in [0.2, 0.25) is 0 Å². The fraction of sp³-hybridized carbons (Fsp3) is 0.304. The Kier molecular flexibility index (Phi) is 6.67. The monoisotopic (exact) mass is 394 g/mol. The highest BCUT2D eigenvalue weighted by Crippen LogP contribution is 2.31. The van der Waals surface area contributed by atoms with E-state index in [0.717, 1.165) is 5.75 Å². The molecule has 0 saturated carbocycles. The summed E-state index contributed by atoms with van der Waals surface area (Å²) in [6.07, 6.45) is 0.667. The average molecular weight is 394 g/mol. The summed E-state index contributed by atoms with van der Waals surface area (Å²) in [5.41, 5.74) is 2.10. The number of ether oxygens (including phenoxy) is 2. The molecule has 1 N–H and O–H groups in total. The van der Waals surface area contributed by atoms with Gasteiger partial charge in [0.25, 0.3) is 11.8 Å². The Bertz CT molecular complexity index is 889. The van der Waals surface area contributed by atoms with Crippen LogP contribution < -0.4 is 10.1 Å². The van der Waals surface area contributed by atoms with Crippen LogP contribution in [0.15, 0.2) is 60.3 Å². The van der Waals surface area contributed by atoms with E-state index in [9.17, 15) is 9.59 Å². The van der Waals surface area contributed by atoms with Crippen molar-refractivity contribution in [3.63, 3.8) is 0 Å². The number of benzene rings is 2. The first-order valence-electron chi connectivity index (χ1n) is 9.70. The molecule has 0 saturated heterocycles. The van der Waals surface area contributed by atoms with Gasteiger partial charge in [-0.2, -0.15) is 0 Å². The number of nitrogens with one attached hydrogen (secondary N) is 1. The molecule has 0 aromatic heterocycles. The third-order valence-corrected chi connectivity index (χ3v) is 4.46. The lowest BCUT2D eigenvalue weighted by Gasteiger charge is -2.15. The van der Waals surface area contributed by atoms with Crippen LogP contribution in [-0.4, -0.2) is 43.1 Å². The first-order chi connectivity index (χ1) is 14.0. The third kappa shape index (κ3) is 4.84. The second-order valence-corrected chi connectivity index (χ2v) is 7.04. The first kappa shape index (κ1) is 20.6. The van der Waals surface area contributed by atoms with E-state index in [1.807, 2.05) is 68.4 Å². The van der Waals surface area contributed by atoms with Gasteiger partial charge >= 0.3 is 0 Å². The van der Waals surface area contributed by atoms with Crippen molar-refractivity contribution in [1.82, 2.24) is 4.90 Å². The number of carbonyl (C=O) groups excluding carboxylic acids is 2. The number of carbonyl (C=O) groups is 2. The van der Waals surface area contributed by atoms with Crippen molar-refractivity contribution in [2.45, 2.75) is 26.4 Å². The molecule has 0 unspecified atom stereocenters. The van der Waals surface area contributed by atoms with Gasteiger partial charge in [-0.25, -0.2) is 0 Å². The average Bonchev–Trinajstić information content (AvgIpc) is 2.94. The van der Waals surface area contributed by atoms with Crippen LogP contribution in [0, 0.1) is 0 Å². The van der Waals surface area contributed by atoms with E-state index < -0.39 is 0 Å². The van der Waals surface area contributed by atoms with Crippen LogP contribution >= 0.6 is 0 Å². The van der Waals surface area contributed by atoms with Crippen LogP contribution in [0.3, 0.4) is 0 Å². The van der Waals surface area contributed by atoms with Gasteiger partial charge in [-0.3, -0.25) is 14.5 Å². The second kappa shape index (κ2) is 9.39. The summed E-state index contributed by atoms with van der Waals surface area (Å²) in [6.45, 7) is 4.72. The zero-order valence-corrected chi connectivity index (χ0v) is 17.0. The fourth-order valence-electron chi connectivity index (χ4n) is 3.17. The van der Waals surface area contributed by atoms with Crippen molar-refractivity contribution in [3.8, 4) is 5.75 Å². The highest BCUT2D eigenvalue weighted by atomic mass is 16.5. The molecule has 1 heterocycles. The number of hydrogen-bond acceptors (Lipinski definition) is 5. The number of anilines is 1. The molecule has 0 bridgehead atoms. The summed E-state index contributed by atoms with van der Waals surface area (Å²) in [6, 6.07) is 16.6. The van der Waals surface area contributed by atoms with Gasteiger partial charge in [-0.15, -0.1) is 0 Å². The molecule has 2 amide bonds. The smallest absolute Gasteiger partial charge is 0.278 e. The molecule has 6 nitrogen and oxygen atoms in total. The van der Waals surface area contributed by atoms with Crippen molar-refractivity contribution in [2.24, 2.45) is 0 Å². The molecule has 0 aliphatic carbocycles. The minimum Gasteiger partial charge on any atom is -0.491 e. The van der Waals surface area contributed by atoms with E-state index in [0.29, 0.717) is 36.4 Å². The molecule has 29 heavy (non-hydrogen) atoms. The zero-order valence-electron chi connectivity index (χ0n) is 17.0. The summed E-state index contributed by atoms with van der Waals surface area (Å²) in [5, 5.41) is 3.15. The predicted molar refractivity (Wildman–Crippen MR) is 112 cm³/mol. The maximum absolute atomic E-state index is 13.0. The number of methoxy groups -OCH3 is 1. The van der Waals surface area contributed by atoms with Gasteiger partial charge in [0.05, 0.1) is 11.7 Å². The number of amides is 2. The van der Waals surface area contributed by atoms with Crippen LogP contribution in [0.2, 0.25) is 0 Å². The molecule has 152 valence electrons. The van der Waals surface area contributed by atoms with Crippen molar-refractivity contribution in [2.75, 3.05) is 25.6 Å². The molecule has 0 atom stereocenters. The highest BCUT2D eigenvalue weighted by Gasteiger charge is 2.38. The standard InChI is InChI=1S/C23H26N2O4/c1-16(2)29-19-12-10-18(11-13-19)24-21-20(17-8-5-4-6-9-17)22(26)25(23(21)27)14-7-15-28-3/h4-6,8-13,16,24H,7,14-15H2,1-3H3. The highest BCUT2D eigenvalue weighted by molar-refractivity contribution is 6.36. The van der Waals surface area contributed by atoms with E-state index in [-0.39, 0.29) is 23.6 Å². The SMILES string of the molecule is COCCCN1C(=O)C(Nc2ccc(OC(C)C)cc2)=C(c2ccccc2)C1=O. The minimum absolute atomic E-state index is 0.0795. The summed E-state index contributed by atoms with van der Waals surface area (Å²) in [7, 11) is 1.60. The Balaban J connectivity index is 1.89. The summed E-state index contributed by atoms with van der Waals surface area (Å²) in [4.78, 5) is 27.3. The van der Waals surface area contributed by atoms with Crippen LogP contribution in [0.1, 0.15) is 25.8 Å². The summed E-state index contributed by atoms with van der Waals surface area (Å²) in [5.74, 6) is 0.129. The molecular formula is C23H26N2O4. The molecule has 1 aliphatic rings. The largest absolute Gasteiger partial charge is 0.491 e. The molecule has 3 rings (SSSR count). The molecule has 0 fully saturated rings. The predicted octanol–water partition coefficient (Wildman–Crippen LogP) is 3.70. The zero-order chi connectivity index (χ0) is 20.8. The van der Waals surface area contributed by atoms with E-state index in [1.54, 1.807) is 7.11 Å². The van der Waals surface area contributed by atoms with Crippen LogP contribution in [0.25, 0.3) is 5.57 Å². The van der Waals surface area contributed by atoms with Crippen molar-refractivity contribution in [1.29, 1.82) is 0 Å². The Hall–Kier alpha value is -3.12. The molecule has 0 spiro atoms. The Morgan fingerprint density at radius 2 is 1.66 bits per heavy atom. The summed E-state index contributed by atoms with van der Waals surface area (Å²) >= 11 is 0. The third-order valence-electron chi connectivity index (χ3n) is 4.46. The van der Waals surface area contributed by atoms with E-state index in [1.165, 1.54) is 4.90 Å². The Morgan fingerprint density at radius 3 is 2.28 bits per heavy atom. The molecule has 1 aliphatic heterocycles. The first-order valence-corrected chi connectivity index (χ1v) is 9.70. The van der Waals surface area contributed by atoms with E-state index in [4.69, 9.17) is 9.47 Å². The number of hydrogen-bond donors (Lipinski definition) is 1.